The van der Waals surface area contributed by atoms with Crippen molar-refractivity contribution in [3.63, 3.8) is 0 Å². The number of aryl methyl sites for hydroxylation is 1. The van der Waals surface area contributed by atoms with Gasteiger partial charge in [-0.1, -0.05) is 12.1 Å². The minimum atomic E-state index is -3.32. The summed E-state index contributed by atoms with van der Waals surface area (Å²) in [5.74, 6) is -0.160. The fraction of sp³-hybridized carbons (Fsp3) is 0.650. The number of amides is 1. The molecule has 2 aliphatic rings. The molecule has 1 aromatic rings. The minimum absolute atomic E-state index is 0.160. The van der Waals surface area contributed by atoms with E-state index in [2.05, 4.69) is 46.3 Å². The van der Waals surface area contributed by atoms with Crippen LogP contribution in [0.25, 0.3) is 0 Å². The van der Waals surface area contributed by atoms with E-state index in [1.54, 1.807) is 0 Å². The van der Waals surface area contributed by atoms with Gasteiger partial charge in [-0.05, 0) is 50.4 Å². The average Bonchev–Trinajstić information content (AvgIpc) is 3.16. The molecular weight excluding hydrogens is 376 g/mol. The monoisotopic (exact) mass is 408 g/mol. The Bertz CT molecular complexity index is 775. The third-order valence-electron chi connectivity index (χ3n) is 5.62. The van der Waals surface area contributed by atoms with Crippen LogP contribution in [0, 0.1) is 6.92 Å². The number of carbonyl (C=O) groups is 1. The molecule has 28 heavy (non-hydrogen) atoms. The summed E-state index contributed by atoms with van der Waals surface area (Å²) in [4.78, 5) is 17.2. The third-order valence-corrected chi connectivity index (χ3v) is 6.91. The van der Waals surface area contributed by atoms with E-state index in [0.29, 0.717) is 19.5 Å². The summed E-state index contributed by atoms with van der Waals surface area (Å²) in [6.07, 6.45) is 3.41. The van der Waals surface area contributed by atoms with Crippen LogP contribution in [-0.2, 0) is 14.8 Å². The predicted octanol–water partition coefficient (Wildman–Crippen LogP) is 1.05. The second-order valence-corrected chi connectivity index (χ2v) is 9.78. The zero-order valence-electron chi connectivity index (χ0n) is 16.9. The van der Waals surface area contributed by atoms with Crippen molar-refractivity contribution in [1.82, 2.24) is 14.5 Å². The lowest BCUT2D eigenvalue weighted by Gasteiger charge is -2.36. The number of hydrogen-bond acceptors (Lipinski definition) is 5. The molecule has 0 radical (unpaired) electrons. The molecule has 0 bridgehead atoms. The molecule has 0 aromatic heterocycles. The van der Waals surface area contributed by atoms with Crippen LogP contribution in [0.2, 0.25) is 0 Å². The lowest BCUT2D eigenvalue weighted by Crippen LogP contribution is -2.48. The van der Waals surface area contributed by atoms with Crippen LogP contribution in [0.3, 0.4) is 0 Å². The van der Waals surface area contributed by atoms with Crippen molar-refractivity contribution < 1.29 is 13.2 Å². The van der Waals surface area contributed by atoms with Crippen LogP contribution >= 0.6 is 0 Å². The number of sulfonamides is 1. The third kappa shape index (κ3) is 5.46. The molecule has 156 valence electrons. The summed E-state index contributed by atoms with van der Waals surface area (Å²) in [5.41, 5.74) is 2.58. The van der Waals surface area contributed by atoms with E-state index >= 15 is 0 Å². The Morgan fingerprint density at radius 1 is 1.18 bits per heavy atom. The van der Waals surface area contributed by atoms with Gasteiger partial charge < -0.3 is 10.2 Å². The second-order valence-electron chi connectivity index (χ2n) is 7.84. The zero-order valence-corrected chi connectivity index (χ0v) is 17.7. The summed E-state index contributed by atoms with van der Waals surface area (Å²) in [7, 11) is -3.32. The van der Waals surface area contributed by atoms with Crippen LogP contribution in [-0.4, -0.2) is 81.6 Å². The lowest BCUT2D eigenvalue weighted by molar-refractivity contribution is -0.124. The molecule has 1 atom stereocenters. The summed E-state index contributed by atoms with van der Waals surface area (Å²) >= 11 is 0. The highest BCUT2D eigenvalue weighted by Crippen LogP contribution is 2.20. The van der Waals surface area contributed by atoms with Gasteiger partial charge in [0.2, 0.25) is 15.9 Å². The summed E-state index contributed by atoms with van der Waals surface area (Å²) < 4.78 is 24.9. The molecular formula is C20H32N4O3S. The second kappa shape index (κ2) is 9.24. The van der Waals surface area contributed by atoms with Crippen LogP contribution in [0.1, 0.15) is 24.8 Å². The topological polar surface area (TPSA) is 73.0 Å². The molecule has 1 amide bonds. The molecule has 0 spiro atoms. The maximum absolute atomic E-state index is 12.3. The van der Waals surface area contributed by atoms with E-state index in [1.807, 2.05) is 0 Å². The minimum Gasteiger partial charge on any atom is -0.369 e. The molecule has 0 aliphatic carbocycles. The van der Waals surface area contributed by atoms with E-state index < -0.39 is 16.1 Å². The summed E-state index contributed by atoms with van der Waals surface area (Å²) in [6, 6.07) is 8.09. The van der Waals surface area contributed by atoms with E-state index in [0.717, 1.165) is 45.6 Å². The normalized spacial score (nSPS) is 21.8. The van der Waals surface area contributed by atoms with Crippen molar-refractivity contribution in [3.05, 3.63) is 29.8 Å². The first-order valence-corrected chi connectivity index (χ1v) is 12.0. The number of hydrogen-bond donors (Lipinski definition) is 1. The van der Waals surface area contributed by atoms with Gasteiger partial charge in [0.1, 0.15) is 6.04 Å². The molecule has 3 rings (SSSR count). The summed E-state index contributed by atoms with van der Waals surface area (Å²) in [5, 5.41) is 2.92. The number of carbonyl (C=O) groups excluding carboxylic acids is 1. The number of nitrogens with zero attached hydrogens (tertiary/aromatic N) is 3. The SMILES string of the molecule is Cc1cccc(N2CCN(CCCNC(=O)C3CCCN3S(C)(=O)=O)CC2)c1. The van der Waals surface area contributed by atoms with Crippen LogP contribution in [0.5, 0.6) is 0 Å². The summed E-state index contributed by atoms with van der Waals surface area (Å²) in [6.45, 7) is 8.17. The molecule has 1 unspecified atom stereocenters. The standard InChI is InChI=1S/C20H32N4O3S/c1-17-6-3-7-18(16-17)23-14-12-22(13-15-23)10-5-9-21-20(25)19-8-4-11-24(19)28(2,26)27/h3,6-7,16,19H,4-5,8-15H2,1-2H3,(H,21,25). The average molecular weight is 409 g/mol. The van der Waals surface area contributed by atoms with Crippen molar-refractivity contribution >= 4 is 21.6 Å². The van der Waals surface area contributed by atoms with Gasteiger partial charge in [-0.2, -0.15) is 4.31 Å². The Balaban J connectivity index is 1.36. The molecule has 7 nitrogen and oxygen atoms in total. The quantitative estimate of drug-likeness (QED) is 0.683. The van der Waals surface area contributed by atoms with Gasteiger partial charge in [-0.15, -0.1) is 0 Å². The fourth-order valence-electron chi connectivity index (χ4n) is 4.09. The first-order valence-electron chi connectivity index (χ1n) is 10.1. The predicted molar refractivity (Wildman–Crippen MR) is 112 cm³/mol. The Morgan fingerprint density at radius 2 is 1.93 bits per heavy atom. The highest BCUT2D eigenvalue weighted by atomic mass is 32.2. The van der Waals surface area contributed by atoms with Crippen LogP contribution in [0.4, 0.5) is 5.69 Å². The number of piperazine rings is 1. The van der Waals surface area contributed by atoms with Gasteiger partial charge in [-0.3, -0.25) is 9.69 Å². The zero-order chi connectivity index (χ0) is 20.1. The van der Waals surface area contributed by atoms with Gasteiger partial charge >= 0.3 is 0 Å². The van der Waals surface area contributed by atoms with Crippen LogP contribution < -0.4 is 10.2 Å². The lowest BCUT2D eigenvalue weighted by atomic mass is 10.2. The number of nitrogens with one attached hydrogen (secondary N) is 1. The highest BCUT2D eigenvalue weighted by molar-refractivity contribution is 7.88. The largest absolute Gasteiger partial charge is 0.369 e. The van der Waals surface area contributed by atoms with Crippen molar-refractivity contribution in [2.75, 3.05) is 57.0 Å². The number of rotatable bonds is 7. The molecule has 2 heterocycles. The Morgan fingerprint density at radius 3 is 2.61 bits per heavy atom. The Kier molecular flexibility index (Phi) is 6.95. The van der Waals surface area contributed by atoms with Gasteiger partial charge in [0, 0.05) is 45.0 Å². The van der Waals surface area contributed by atoms with E-state index in [-0.39, 0.29) is 5.91 Å². The van der Waals surface area contributed by atoms with Crippen molar-refractivity contribution in [3.8, 4) is 0 Å². The first-order chi connectivity index (χ1) is 13.3. The molecule has 2 aliphatic heterocycles. The maximum Gasteiger partial charge on any atom is 0.238 e. The van der Waals surface area contributed by atoms with E-state index in [4.69, 9.17) is 0 Å². The van der Waals surface area contributed by atoms with Gasteiger partial charge in [0.25, 0.3) is 0 Å². The highest BCUT2D eigenvalue weighted by Gasteiger charge is 2.36. The maximum atomic E-state index is 12.3. The molecule has 1 aromatic carbocycles. The van der Waals surface area contributed by atoms with Crippen LogP contribution in [0.15, 0.2) is 24.3 Å². The van der Waals surface area contributed by atoms with E-state index in [1.165, 1.54) is 21.8 Å². The van der Waals surface area contributed by atoms with Gasteiger partial charge in [0.15, 0.2) is 0 Å². The first kappa shape index (κ1) is 21.1. The molecule has 8 heteroatoms. The number of anilines is 1. The molecule has 1 N–H and O–H groups in total. The Labute approximate surface area is 168 Å². The van der Waals surface area contributed by atoms with Crippen molar-refractivity contribution in [1.29, 1.82) is 0 Å². The molecule has 2 saturated heterocycles. The van der Waals surface area contributed by atoms with Crippen molar-refractivity contribution in [2.45, 2.75) is 32.2 Å². The van der Waals surface area contributed by atoms with Gasteiger partial charge in [-0.25, -0.2) is 8.42 Å². The fourth-order valence-corrected chi connectivity index (χ4v) is 5.21. The Hall–Kier alpha value is -1.64. The number of benzene rings is 1. The molecule has 0 saturated carbocycles. The smallest absolute Gasteiger partial charge is 0.238 e. The van der Waals surface area contributed by atoms with Gasteiger partial charge in [0.05, 0.1) is 6.26 Å². The van der Waals surface area contributed by atoms with Crippen molar-refractivity contribution in [2.24, 2.45) is 0 Å². The van der Waals surface area contributed by atoms with E-state index in [9.17, 15) is 13.2 Å². The molecule has 2 fully saturated rings.